The first kappa shape index (κ1) is 16.9. The van der Waals surface area contributed by atoms with Crippen LogP contribution in [0.4, 0.5) is 0 Å². The minimum Gasteiger partial charge on any atom is -1.00 e. The van der Waals surface area contributed by atoms with Gasteiger partial charge in [-0.25, -0.2) is 9.13 Å². The van der Waals surface area contributed by atoms with Crippen LogP contribution >= 0.6 is 0 Å². The Morgan fingerprint density at radius 1 is 1.06 bits per heavy atom. The summed E-state index contributed by atoms with van der Waals surface area (Å²) in [5.41, 5.74) is 0. The Bertz CT molecular complexity index is 275. The van der Waals surface area contributed by atoms with Crippen LogP contribution < -0.4 is 28.5 Å². The van der Waals surface area contributed by atoms with E-state index in [4.69, 9.17) is 0 Å². The molecule has 1 heterocycles. The average molecular weight is 350 g/mol. The molecule has 0 N–H and O–H groups in total. The van der Waals surface area contributed by atoms with Crippen LogP contribution in [0, 0.1) is 0 Å². The summed E-state index contributed by atoms with van der Waals surface area (Å²) in [6.45, 7) is 2.27. The lowest BCUT2D eigenvalue weighted by atomic mass is 10.1. The third-order valence-electron chi connectivity index (χ3n) is 3.33. The predicted octanol–water partition coefficient (Wildman–Crippen LogP) is 0.147. The van der Waals surface area contributed by atoms with E-state index in [9.17, 15) is 0 Å². The van der Waals surface area contributed by atoms with E-state index in [0.29, 0.717) is 0 Å². The highest BCUT2D eigenvalue weighted by atomic mass is 127. The van der Waals surface area contributed by atoms with Gasteiger partial charge in [-0.3, -0.25) is 0 Å². The lowest BCUT2D eigenvalue weighted by Crippen LogP contribution is -3.00. The Kier molecular flexibility index (Phi) is 9.88. The molecule has 1 aromatic heterocycles. The smallest absolute Gasteiger partial charge is 0.255 e. The van der Waals surface area contributed by atoms with E-state index in [1.54, 1.807) is 0 Å². The Morgan fingerprint density at radius 3 is 2.18 bits per heavy atom. The first-order valence-electron chi connectivity index (χ1n) is 6.75. The summed E-state index contributed by atoms with van der Waals surface area (Å²) >= 11 is 0. The van der Waals surface area contributed by atoms with Crippen molar-refractivity contribution < 1.29 is 28.5 Å². The molecular formula is C14H27IN2. The summed E-state index contributed by atoms with van der Waals surface area (Å²) in [7, 11) is 4.27. The van der Waals surface area contributed by atoms with Gasteiger partial charge >= 0.3 is 0 Å². The summed E-state index contributed by atoms with van der Waals surface area (Å²) in [5.74, 6) is 1.44. The number of nitrogens with zero attached hydrogens (tertiary/aromatic N) is 2. The van der Waals surface area contributed by atoms with Crippen LogP contribution in [0.15, 0.2) is 12.4 Å². The summed E-state index contributed by atoms with van der Waals surface area (Å²) in [6, 6.07) is 0. The number of hydrogen-bond donors (Lipinski definition) is 0. The van der Waals surface area contributed by atoms with E-state index < -0.39 is 0 Å². The molecule has 0 unspecified atom stereocenters. The molecule has 0 atom stereocenters. The third kappa shape index (κ3) is 6.43. The molecule has 0 saturated carbocycles. The topological polar surface area (TPSA) is 8.81 Å². The van der Waals surface area contributed by atoms with Crippen molar-refractivity contribution in [2.45, 2.75) is 58.3 Å². The Balaban J connectivity index is 0.00000256. The van der Waals surface area contributed by atoms with Crippen molar-refractivity contribution in [3.05, 3.63) is 18.2 Å². The van der Waals surface area contributed by atoms with Crippen LogP contribution in [0.1, 0.15) is 57.7 Å². The van der Waals surface area contributed by atoms with Gasteiger partial charge in [0.2, 0.25) is 0 Å². The maximum Gasteiger partial charge on any atom is 0.255 e. The highest BCUT2D eigenvalue weighted by molar-refractivity contribution is 4.81. The third-order valence-corrected chi connectivity index (χ3v) is 3.33. The Labute approximate surface area is 123 Å². The molecule has 0 aromatic carbocycles. The maximum absolute atomic E-state index is 2.27. The lowest BCUT2D eigenvalue weighted by molar-refractivity contribution is -0.678. The average Bonchev–Trinajstić information content (AvgIpc) is 2.59. The van der Waals surface area contributed by atoms with Crippen LogP contribution in [0.5, 0.6) is 0 Å². The molecule has 0 aliphatic rings. The Hall–Kier alpha value is -0.0600. The number of hydrogen-bond acceptors (Lipinski definition) is 0. The van der Waals surface area contributed by atoms with Crippen molar-refractivity contribution in [1.29, 1.82) is 0 Å². The molecule has 1 rings (SSSR count). The van der Waals surface area contributed by atoms with Crippen molar-refractivity contribution in [1.82, 2.24) is 4.57 Å². The fourth-order valence-electron chi connectivity index (χ4n) is 2.21. The normalized spacial score (nSPS) is 10.3. The Morgan fingerprint density at radius 2 is 1.65 bits per heavy atom. The van der Waals surface area contributed by atoms with Crippen LogP contribution in [0.25, 0.3) is 0 Å². The van der Waals surface area contributed by atoms with Gasteiger partial charge in [0.25, 0.3) is 5.82 Å². The van der Waals surface area contributed by atoms with Crippen LogP contribution in [-0.2, 0) is 20.5 Å². The molecular weight excluding hydrogens is 323 g/mol. The van der Waals surface area contributed by atoms with E-state index in [2.05, 4.69) is 42.5 Å². The standard InChI is InChI=1S/C14H27N2.HI/c1-4-5-6-7-8-9-10-11-14-15(2)12-13-16(14)3;/h12-13H,4-11H2,1-3H3;1H/q+1;/p-1. The highest BCUT2D eigenvalue weighted by Gasteiger charge is 2.09. The molecule has 0 bridgehead atoms. The quantitative estimate of drug-likeness (QED) is 0.359. The molecule has 1 aromatic rings. The SMILES string of the molecule is CCCCCCCCCc1n(C)cc[n+]1C.[I-]. The van der Waals surface area contributed by atoms with Gasteiger partial charge in [-0.15, -0.1) is 0 Å². The van der Waals surface area contributed by atoms with Crippen LogP contribution in [-0.4, -0.2) is 4.57 Å². The van der Waals surface area contributed by atoms with E-state index in [0.717, 1.165) is 0 Å². The zero-order valence-electron chi connectivity index (χ0n) is 11.6. The first-order chi connectivity index (χ1) is 7.75. The second kappa shape index (κ2) is 9.92. The number of aromatic nitrogens is 2. The largest absolute Gasteiger partial charge is 1.00 e. The molecule has 0 aliphatic heterocycles. The number of aryl methyl sites for hydroxylation is 2. The van der Waals surface area contributed by atoms with Crippen molar-refractivity contribution in [2.24, 2.45) is 14.1 Å². The molecule has 0 radical (unpaired) electrons. The first-order valence-corrected chi connectivity index (χ1v) is 6.75. The fourth-order valence-corrected chi connectivity index (χ4v) is 2.21. The van der Waals surface area contributed by atoms with Gasteiger partial charge in [0.05, 0.1) is 14.1 Å². The molecule has 3 heteroatoms. The minimum absolute atomic E-state index is 0. The van der Waals surface area contributed by atoms with Gasteiger partial charge in [0.15, 0.2) is 0 Å². The summed E-state index contributed by atoms with van der Waals surface area (Å²) < 4.78 is 4.47. The molecule has 100 valence electrons. The molecule has 0 fully saturated rings. The summed E-state index contributed by atoms with van der Waals surface area (Å²) in [4.78, 5) is 0. The van der Waals surface area contributed by atoms with Crippen LogP contribution in [0.3, 0.4) is 0 Å². The molecule has 2 nitrogen and oxygen atoms in total. The zero-order chi connectivity index (χ0) is 11.8. The van der Waals surface area contributed by atoms with E-state index in [-0.39, 0.29) is 24.0 Å². The van der Waals surface area contributed by atoms with Gasteiger partial charge in [-0.05, 0) is 6.42 Å². The molecule has 0 spiro atoms. The predicted molar refractivity (Wildman–Crippen MR) is 68.3 cm³/mol. The van der Waals surface area contributed by atoms with E-state index >= 15 is 0 Å². The highest BCUT2D eigenvalue weighted by Crippen LogP contribution is 2.08. The number of unbranched alkanes of at least 4 members (excludes halogenated alkanes) is 6. The van der Waals surface area contributed by atoms with Crippen LogP contribution in [0.2, 0.25) is 0 Å². The van der Waals surface area contributed by atoms with Gasteiger partial charge in [-0.1, -0.05) is 45.4 Å². The molecule has 0 saturated heterocycles. The zero-order valence-corrected chi connectivity index (χ0v) is 13.7. The number of halogens is 1. The maximum atomic E-state index is 2.27. The van der Waals surface area contributed by atoms with Gasteiger partial charge in [0, 0.05) is 6.42 Å². The monoisotopic (exact) mass is 350 g/mol. The van der Waals surface area contributed by atoms with Gasteiger partial charge < -0.3 is 24.0 Å². The fraction of sp³-hybridized carbons (Fsp3) is 0.786. The summed E-state index contributed by atoms with van der Waals surface area (Å²) in [5, 5.41) is 0. The van der Waals surface area contributed by atoms with Gasteiger partial charge in [0.1, 0.15) is 12.4 Å². The lowest BCUT2D eigenvalue weighted by Gasteiger charge is -2.00. The van der Waals surface area contributed by atoms with E-state index in [1.165, 1.54) is 57.2 Å². The summed E-state index contributed by atoms with van der Waals surface area (Å²) in [6.07, 6.45) is 15.2. The van der Waals surface area contributed by atoms with Crippen molar-refractivity contribution >= 4 is 0 Å². The molecule has 0 aliphatic carbocycles. The van der Waals surface area contributed by atoms with Gasteiger partial charge in [-0.2, -0.15) is 0 Å². The molecule has 0 amide bonds. The van der Waals surface area contributed by atoms with E-state index in [1.807, 2.05) is 0 Å². The number of imidazole rings is 1. The number of rotatable bonds is 8. The van der Waals surface area contributed by atoms with Crippen molar-refractivity contribution in [3.8, 4) is 0 Å². The second-order valence-electron chi connectivity index (χ2n) is 4.81. The second-order valence-corrected chi connectivity index (χ2v) is 4.81. The van der Waals surface area contributed by atoms with Crippen molar-refractivity contribution in [2.75, 3.05) is 0 Å². The van der Waals surface area contributed by atoms with Crippen molar-refractivity contribution in [3.63, 3.8) is 0 Å². The molecule has 17 heavy (non-hydrogen) atoms. The minimum atomic E-state index is 0.